The van der Waals surface area contributed by atoms with Crippen LogP contribution in [0.5, 0.6) is 0 Å². The third-order valence-corrected chi connectivity index (χ3v) is 3.12. The third kappa shape index (κ3) is 2.88. The molecule has 3 heterocycles. The number of rotatable bonds is 5. The quantitative estimate of drug-likeness (QED) is 0.689. The second kappa shape index (κ2) is 5.61. The number of anilines is 1. The van der Waals surface area contributed by atoms with E-state index in [2.05, 4.69) is 25.5 Å². The van der Waals surface area contributed by atoms with Crippen LogP contribution >= 0.6 is 11.8 Å². The number of carbonyl (C=O) groups excluding carboxylic acids is 1. The van der Waals surface area contributed by atoms with E-state index in [-0.39, 0.29) is 23.6 Å². The molecule has 0 saturated carbocycles. The number of nitrogens with zero attached hydrogens (tertiary/aromatic N) is 3. The van der Waals surface area contributed by atoms with E-state index in [1.807, 2.05) is 0 Å². The van der Waals surface area contributed by atoms with Gasteiger partial charge >= 0.3 is 6.01 Å². The van der Waals surface area contributed by atoms with Crippen LogP contribution in [0.25, 0.3) is 11.7 Å². The summed E-state index contributed by atoms with van der Waals surface area (Å²) in [6.45, 7) is 0. The Balaban J connectivity index is 1.56. The van der Waals surface area contributed by atoms with Gasteiger partial charge in [0.2, 0.25) is 5.91 Å². The molecule has 0 unspecified atom stereocenters. The minimum Gasteiger partial charge on any atom is -0.459 e. The van der Waals surface area contributed by atoms with Crippen LogP contribution in [0.15, 0.2) is 44.8 Å². The van der Waals surface area contributed by atoms with Crippen LogP contribution in [0.4, 0.5) is 6.01 Å². The lowest BCUT2D eigenvalue weighted by atomic mass is 10.5. The number of imidazole rings is 1. The highest BCUT2D eigenvalue weighted by Crippen LogP contribution is 2.20. The zero-order valence-electron chi connectivity index (χ0n) is 10.1. The second-order valence-electron chi connectivity index (χ2n) is 3.62. The van der Waals surface area contributed by atoms with Gasteiger partial charge in [-0.05, 0) is 12.1 Å². The van der Waals surface area contributed by atoms with Crippen molar-refractivity contribution in [2.75, 3.05) is 11.1 Å². The van der Waals surface area contributed by atoms with E-state index in [9.17, 15) is 4.79 Å². The lowest BCUT2D eigenvalue weighted by molar-refractivity contribution is -0.113. The number of aromatic nitrogens is 4. The van der Waals surface area contributed by atoms with Gasteiger partial charge in [0.25, 0.3) is 5.89 Å². The highest BCUT2D eigenvalue weighted by molar-refractivity contribution is 7.99. The Labute approximate surface area is 117 Å². The second-order valence-corrected chi connectivity index (χ2v) is 4.58. The van der Waals surface area contributed by atoms with Crippen LogP contribution in [-0.2, 0) is 4.79 Å². The van der Waals surface area contributed by atoms with Crippen LogP contribution < -0.4 is 5.32 Å². The number of nitrogens with one attached hydrogen (secondary N) is 2. The first-order valence-electron chi connectivity index (χ1n) is 5.60. The molecule has 0 bridgehead atoms. The van der Waals surface area contributed by atoms with E-state index in [4.69, 9.17) is 8.83 Å². The van der Waals surface area contributed by atoms with Gasteiger partial charge in [0.15, 0.2) is 10.9 Å². The summed E-state index contributed by atoms with van der Waals surface area (Å²) in [5.41, 5.74) is 0. The predicted octanol–water partition coefficient (Wildman–Crippen LogP) is 1.78. The molecule has 0 fully saturated rings. The molecule has 3 aromatic rings. The molecule has 102 valence electrons. The molecule has 3 aromatic heterocycles. The fraction of sp³-hybridized carbons (Fsp3) is 0.0909. The van der Waals surface area contributed by atoms with Crippen LogP contribution in [0.3, 0.4) is 0 Å². The SMILES string of the molecule is O=C(CSc1ncc[nH]1)Nc1nnc(-c2ccco2)o1. The molecule has 20 heavy (non-hydrogen) atoms. The van der Waals surface area contributed by atoms with E-state index >= 15 is 0 Å². The fourth-order valence-electron chi connectivity index (χ4n) is 1.39. The summed E-state index contributed by atoms with van der Waals surface area (Å²) >= 11 is 1.27. The molecule has 0 aliphatic rings. The number of carbonyl (C=O) groups is 1. The number of thioether (sulfide) groups is 1. The highest BCUT2D eigenvalue weighted by Gasteiger charge is 2.13. The summed E-state index contributed by atoms with van der Waals surface area (Å²) in [7, 11) is 0. The lowest BCUT2D eigenvalue weighted by Gasteiger charge is -1.98. The van der Waals surface area contributed by atoms with Crippen molar-refractivity contribution in [3.05, 3.63) is 30.8 Å². The molecule has 0 aromatic carbocycles. The number of amides is 1. The van der Waals surface area contributed by atoms with Crippen molar-refractivity contribution in [2.45, 2.75) is 5.16 Å². The monoisotopic (exact) mass is 291 g/mol. The normalized spacial score (nSPS) is 10.6. The maximum atomic E-state index is 11.7. The van der Waals surface area contributed by atoms with Gasteiger partial charge in [0.05, 0.1) is 12.0 Å². The predicted molar refractivity (Wildman–Crippen MR) is 69.9 cm³/mol. The van der Waals surface area contributed by atoms with Crippen molar-refractivity contribution in [1.29, 1.82) is 0 Å². The van der Waals surface area contributed by atoms with Gasteiger partial charge in [0, 0.05) is 12.4 Å². The molecule has 9 heteroatoms. The van der Waals surface area contributed by atoms with Gasteiger partial charge < -0.3 is 13.8 Å². The Bertz CT molecular complexity index is 677. The zero-order chi connectivity index (χ0) is 13.8. The molecule has 1 amide bonds. The average molecular weight is 291 g/mol. The van der Waals surface area contributed by atoms with Crippen molar-refractivity contribution in [2.24, 2.45) is 0 Å². The summed E-state index contributed by atoms with van der Waals surface area (Å²) in [5.74, 6) is 0.583. The number of hydrogen-bond donors (Lipinski definition) is 2. The Morgan fingerprint density at radius 2 is 2.40 bits per heavy atom. The molecule has 2 N–H and O–H groups in total. The molecular weight excluding hydrogens is 282 g/mol. The summed E-state index contributed by atoms with van der Waals surface area (Å²) in [6.07, 6.45) is 4.81. The fourth-order valence-corrected chi connectivity index (χ4v) is 2.02. The summed E-state index contributed by atoms with van der Waals surface area (Å²) in [6, 6.07) is 3.42. The van der Waals surface area contributed by atoms with Crippen LogP contribution in [-0.4, -0.2) is 31.8 Å². The van der Waals surface area contributed by atoms with Gasteiger partial charge in [-0.2, -0.15) is 0 Å². The number of aromatic amines is 1. The largest absolute Gasteiger partial charge is 0.459 e. The Morgan fingerprint density at radius 3 is 3.15 bits per heavy atom. The molecule has 8 nitrogen and oxygen atoms in total. The first-order valence-corrected chi connectivity index (χ1v) is 6.59. The van der Waals surface area contributed by atoms with Crippen molar-refractivity contribution in [3.8, 4) is 11.7 Å². The van der Waals surface area contributed by atoms with Crippen molar-refractivity contribution in [3.63, 3.8) is 0 Å². The molecular formula is C11H9N5O3S. The number of H-pyrrole nitrogens is 1. The zero-order valence-corrected chi connectivity index (χ0v) is 10.9. The van der Waals surface area contributed by atoms with E-state index in [1.54, 1.807) is 24.5 Å². The maximum absolute atomic E-state index is 11.7. The smallest absolute Gasteiger partial charge is 0.322 e. The van der Waals surface area contributed by atoms with Crippen LogP contribution in [0.1, 0.15) is 0 Å². The van der Waals surface area contributed by atoms with Gasteiger partial charge in [0.1, 0.15) is 0 Å². The van der Waals surface area contributed by atoms with Crippen molar-refractivity contribution in [1.82, 2.24) is 20.2 Å². The molecule has 0 aliphatic carbocycles. The topological polar surface area (TPSA) is 110 Å². The van der Waals surface area contributed by atoms with E-state index in [0.29, 0.717) is 10.9 Å². The van der Waals surface area contributed by atoms with Gasteiger partial charge in [-0.3, -0.25) is 10.1 Å². The van der Waals surface area contributed by atoms with Gasteiger partial charge in [-0.1, -0.05) is 16.9 Å². The van der Waals surface area contributed by atoms with Crippen molar-refractivity contribution < 1.29 is 13.6 Å². The average Bonchev–Trinajstić information content (AvgIpc) is 3.18. The van der Waals surface area contributed by atoms with Crippen LogP contribution in [0, 0.1) is 0 Å². The van der Waals surface area contributed by atoms with Crippen molar-refractivity contribution >= 4 is 23.7 Å². The standard InChI is InChI=1S/C11H9N5O3S/c17-8(6-20-11-12-3-4-13-11)14-10-16-15-9(19-10)7-2-1-5-18-7/h1-5H,6H2,(H,12,13)(H,14,16,17). The lowest BCUT2D eigenvalue weighted by Crippen LogP contribution is -2.14. The molecule has 0 radical (unpaired) electrons. The summed E-state index contributed by atoms with van der Waals surface area (Å²) in [4.78, 5) is 18.6. The molecule has 0 saturated heterocycles. The Kier molecular flexibility index (Phi) is 3.50. The molecule has 0 spiro atoms. The number of furan rings is 1. The summed E-state index contributed by atoms with van der Waals surface area (Å²) < 4.78 is 10.4. The number of hydrogen-bond acceptors (Lipinski definition) is 7. The summed E-state index contributed by atoms with van der Waals surface area (Å²) in [5, 5.41) is 10.7. The minimum absolute atomic E-state index is 0.0291. The van der Waals surface area contributed by atoms with E-state index in [0.717, 1.165) is 0 Å². The third-order valence-electron chi connectivity index (χ3n) is 2.22. The Morgan fingerprint density at radius 1 is 1.45 bits per heavy atom. The van der Waals surface area contributed by atoms with E-state index in [1.165, 1.54) is 18.0 Å². The van der Waals surface area contributed by atoms with Crippen LogP contribution in [0.2, 0.25) is 0 Å². The van der Waals surface area contributed by atoms with Gasteiger partial charge in [-0.15, -0.1) is 5.10 Å². The molecule has 0 atom stereocenters. The minimum atomic E-state index is -0.263. The first kappa shape index (κ1) is 12.5. The van der Waals surface area contributed by atoms with Gasteiger partial charge in [-0.25, -0.2) is 4.98 Å². The first-order chi connectivity index (χ1) is 9.81. The molecule has 0 aliphatic heterocycles. The maximum Gasteiger partial charge on any atom is 0.322 e. The molecule has 3 rings (SSSR count). The van der Waals surface area contributed by atoms with E-state index < -0.39 is 0 Å². The Hall–Kier alpha value is -2.55. The highest BCUT2D eigenvalue weighted by atomic mass is 32.2.